The summed E-state index contributed by atoms with van der Waals surface area (Å²) in [5.74, 6) is -3.59. The molecule has 47 heavy (non-hydrogen) atoms. The normalized spacial score (nSPS) is 16.0. The van der Waals surface area contributed by atoms with Crippen LogP contribution in [0.4, 0.5) is 17.6 Å². The maximum absolute atomic E-state index is 15.6. The quantitative estimate of drug-likeness (QED) is 0.206. The number of likely N-dealkylation sites (tertiary alicyclic amines) is 1. The van der Waals surface area contributed by atoms with Crippen LogP contribution >= 0.6 is 0 Å². The number of rotatable bonds is 8. The molecule has 9 nitrogen and oxygen atoms in total. The number of nitriles is 1. The molecule has 1 aliphatic heterocycles. The fraction of sp³-hybridized carbons (Fsp3) is 0.206. The minimum absolute atomic E-state index is 0.00998. The summed E-state index contributed by atoms with van der Waals surface area (Å²) in [7, 11) is 0. The largest absolute Gasteiger partial charge is 0.478 e. The van der Waals surface area contributed by atoms with Crippen LogP contribution in [0, 0.1) is 28.8 Å². The molecule has 238 valence electrons. The van der Waals surface area contributed by atoms with E-state index in [2.05, 4.69) is 9.97 Å². The molecule has 0 unspecified atom stereocenters. The van der Waals surface area contributed by atoms with Gasteiger partial charge in [-0.15, -0.1) is 0 Å². The Morgan fingerprint density at radius 1 is 0.979 bits per heavy atom. The third kappa shape index (κ3) is 6.22. The molecule has 2 atom stereocenters. The van der Waals surface area contributed by atoms with E-state index in [1.54, 1.807) is 0 Å². The van der Waals surface area contributed by atoms with Gasteiger partial charge < -0.3 is 19.3 Å². The van der Waals surface area contributed by atoms with E-state index < -0.39 is 35.6 Å². The van der Waals surface area contributed by atoms with Crippen LogP contribution in [0.15, 0.2) is 66.7 Å². The van der Waals surface area contributed by atoms with E-state index in [0.717, 1.165) is 18.2 Å². The lowest BCUT2D eigenvalue weighted by atomic mass is 10.0. The van der Waals surface area contributed by atoms with Crippen molar-refractivity contribution in [2.75, 3.05) is 13.1 Å². The Labute approximate surface area is 265 Å². The van der Waals surface area contributed by atoms with Gasteiger partial charge in [0, 0.05) is 37.1 Å². The van der Waals surface area contributed by atoms with E-state index in [4.69, 9.17) is 10.00 Å². The number of hydrogen-bond acceptors (Lipinski definition) is 6. The first-order valence-electron chi connectivity index (χ1n) is 14.4. The number of aromatic nitrogens is 3. The van der Waals surface area contributed by atoms with E-state index in [9.17, 15) is 19.1 Å². The third-order valence-corrected chi connectivity index (χ3v) is 8.05. The molecule has 2 aromatic heterocycles. The van der Waals surface area contributed by atoms with Crippen molar-refractivity contribution in [2.24, 2.45) is 0 Å². The van der Waals surface area contributed by atoms with Gasteiger partial charge in [-0.05, 0) is 54.1 Å². The SMILES string of the molecule is CC(=O)N1C[C@@H](F)[C@H](n2c(Cc3cc(F)c(-c4cccc(OCc5ccc(C#N)cc5F)n4)cc3F)nc3ccc(C(=O)O)cc32)C1. The van der Waals surface area contributed by atoms with Gasteiger partial charge in [0.25, 0.3) is 0 Å². The Morgan fingerprint density at radius 2 is 1.77 bits per heavy atom. The third-order valence-electron chi connectivity index (χ3n) is 8.05. The van der Waals surface area contributed by atoms with Crippen LogP contribution < -0.4 is 4.74 Å². The van der Waals surface area contributed by atoms with Crippen LogP contribution in [0.2, 0.25) is 0 Å². The maximum atomic E-state index is 15.6. The molecule has 13 heteroatoms. The molecule has 1 N–H and O–H groups in total. The highest BCUT2D eigenvalue weighted by Crippen LogP contribution is 2.33. The van der Waals surface area contributed by atoms with Crippen LogP contribution in [0.25, 0.3) is 22.3 Å². The van der Waals surface area contributed by atoms with Gasteiger partial charge in [0.05, 0.1) is 46.5 Å². The molecule has 1 aliphatic rings. The first kappa shape index (κ1) is 31.2. The molecular formula is C34H25F4N5O4. The fourth-order valence-electron chi connectivity index (χ4n) is 5.64. The number of alkyl halides is 1. The highest BCUT2D eigenvalue weighted by atomic mass is 19.1. The summed E-state index contributed by atoms with van der Waals surface area (Å²) in [5.41, 5.74) is 0.670. The molecule has 1 amide bonds. The average Bonchev–Trinajstić information content (AvgIpc) is 3.60. The summed E-state index contributed by atoms with van der Waals surface area (Å²) in [6, 6.07) is 15.4. The second-order valence-electron chi connectivity index (χ2n) is 11.1. The number of imidazole rings is 1. The molecule has 6 rings (SSSR count). The minimum Gasteiger partial charge on any atom is -0.478 e. The summed E-state index contributed by atoms with van der Waals surface area (Å²) in [5, 5.41) is 18.5. The number of ether oxygens (including phenoxy) is 1. The van der Waals surface area contributed by atoms with Gasteiger partial charge in [-0.25, -0.2) is 32.3 Å². The van der Waals surface area contributed by atoms with E-state index >= 15 is 13.2 Å². The highest BCUT2D eigenvalue weighted by molar-refractivity contribution is 5.92. The smallest absolute Gasteiger partial charge is 0.335 e. The number of halogens is 4. The van der Waals surface area contributed by atoms with Gasteiger partial charge in [-0.2, -0.15) is 5.26 Å². The number of carbonyl (C=O) groups excluding carboxylic acids is 1. The average molecular weight is 644 g/mol. The molecule has 3 aromatic carbocycles. The number of benzene rings is 3. The van der Waals surface area contributed by atoms with Crippen LogP contribution in [-0.4, -0.2) is 55.7 Å². The van der Waals surface area contributed by atoms with Crippen molar-refractivity contribution in [1.82, 2.24) is 19.4 Å². The number of fused-ring (bicyclic) bond motifs is 1. The van der Waals surface area contributed by atoms with Gasteiger partial charge >= 0.3 is 5.97 Å². The van der Waals surface area contributed by atoms with E-state index in [-0.39, 0.29) is 82.8 Å². The molecule has 0 saturated carbocycles. The number of carboxylic acids is 1. The Morgan fingerprint density at radius 3 is 2.47 bits per heavy atom. The molecule has 1 fully saturated rings. The fourth-order valence-corrected chi connectivity index (χ4v) is 5.64. The number of amides is 1. The summed E-state index contributed by atoms with van der Waals surface area (Å²) in [6.07, 6.45) is -1.78. The van der Waals surface area contributed by atoms with Crippen molar-refractivity contribution in [3.8, 4) is 23.2 Å². The molecular weight excluding hydrogens is 618 g/mol. The summed E-state index contributed by atoms with van der Waals surface area (Å²) in [4.78, 5) is 33.8. The zero-order valence-electron chi connectivity index (χ0n) is 24.8. The van der Waals surface area contributed by atoms with Gasteiger partial charge in [0.2, 0.25) is 11.8 Å². The lowest BCUT2D eigenvalue weighted by molar-refractivity contribution is -0.128. The summed E-state index contributed by atoms with van der Waals surface area (Å²) >= 11 is 0. The van der Waals surface area contributed by atoms with Gasteiger partial charge in [-0.3, -0.25) is 4.79 Å². The standard InChI is InChI=1S/C34H25F4N5O4/c1-18(44)42-15-27(38)31(16-42)43-30-11-20(34(45)46)7-8-29(30)40-32(43)12-22-10-26(37)23(13-25(22)36)28-3-2-4-33(41-28)47-17-21-6-5-19(14-39)9-24(21)35/h2-11,13,27,31H,12,15-17H2,1H3,(H,45,46)/t27-,31-/m1/s1. The number of hydrogen-bond donors (Lipinski definition) is 1. The predicted molar refractivity (Wildman–Crippen MR) is 161 cm³/mol. The van der Waals surface area contributed by atoms with Gasteiger partial charge in [-0.1, -0.05) is 12.1 Å². The van der Waals surface area contributed by atoms with Crippen molar-refractivity contribution in [3.63, 3.8) is 0 Å². The van der Waals surface area contributed by atoms with E-state index in [0.29, 0.717) is 5.52 Å². The number of pyridine rings is 1. The van der Waals surface area contributed by atoms with Crippen LogP contribution in [0.1, 0.15) is 45.8 Å². The monoisotopic (exact) mass is 643 g/mol. The number of nitrogens with zero attached hydrogens (tertiary/aromatic N) is 5. The number of carbonyl (C=O) groups is 2. The van der Waals surface area contributed by atoms with Crippen LogP contribution in [0.5, 0.6) is 5.88 Å². The lowest BCUT2D eigenvalue weighted by Crippen LogP contribution is -2.26. The molecule has 0 aliphatic carbocycles. The minimum atomic E-state index is -1.51. The second-order valence-corrected chi connectivity index (χ2v) is 11.1. The Bertz CT molecular complexity index is 2090. The number of carboxylic acid groups (broad SMARTS) is 1. The topological polar surface area (TPSA) is 121 Å². The number of aromatic carboxylic acids is 1. The Hall–Kier alpha value is -5.77. The molecule has 5 aromatic rings. The van der Waals surface area contributed by atoms with E-state index in [1.807, 2.05) is 6.07 Å². The van der Waals surface area contributed by atoms with Gasteiger partial charge in [0.1, 0.15) is 36.1 Å². The van der Waals surface area contributed by atoms with Gasteiger partial charge in [0.15, 0.2) is 0 Å². The summed E-state index contributed by atoms with van der Waals surface area (Å²) in [6.45, 7) is 0.914. The van der Waals surface area contributed by atoms with Crippen molar-refractivity contribution in [3.05, 3.63) is 112 Å². The highest BCUT2D eigenvalue weighted by Gasteiger charge is 2.37. The predicted octanol–water partition coefficient (Wildman–Crippen LogP) is 6.00. The van der Waals surface area contributed by atoms with Crippen molar-refractivity contribution < 1.29 is 37.0 Å². The molecule has 1 saturated heterocycles. The molecule has 3 heterocycles. The first-order valence-corrected chi connectivity index (χ1v) is 14.4. The zero-order valence-corrected chi connectivity index (χ0v) is 24.8. The first-order chi connectivity index (χ1) is 22.5. The van der Waals surface area contributed by atoms with Crippen LogP contribution in [-0.2, 0) is 17.8 Å². The summed E-state index contributed by atoms with van der Waals surface area (Å²) < 4.78 is 67.8. The Balaban J connectivity index is 1.30. The van der Waals surface area contributed by atoms with Crippen LogP contribution in [0.3, 0.4) is 0 Å². The maximum Gasteiger partial charge on any atom is 0.335 e. The second kappa shape index (κ2) is 12.6. The molecule has 0 spiro atoms. The van der Waals surface area contributed by atoms with Crippen molar-refractivity contribution in [2.45, 2.75) is 32.2 Å². The molecule has 0 radical (unpaired) electrons. The zero-order chi connectivity index (χ0) is 33.4. The van der Waals surface area contributed by atoms with E-state index in [1.165, 1.54) is 64.9 Å². The Kier molecular flexibility index (Phi) is 8.34. The lowest BCUT2D eigenvalue weighted by Gasteiger charge is -2.19. The molecule has 0 bridgehead atoms. The van der Waals surface area contributed by atoms with Crippen molar-refractivity contribution >= 4 is 22.9 Å². The van der Waals surface area contributed by atoms with Crippen molar-refractivity contribution in [1.29, 1.82) is 5.26 Å².